The number of nitrogens with zero attached hydrogens (tertiary/aromatic N) is 1. The van der Waals surface area contributed by atoms with Crippen LogP contribution >= 0.6 is 15.9 Å². The molecule has 2 N–H and O–H groups in total. The second-order valence-electron chi connectivity index (χ2n) is 5.22. The molecule has 1 aliphatic heterocycles. The van der Waals surface area contributed by atoms with E-state index in [4.69, 9.17) is 0 Å². The molecular weight excluding hydrogens is 318 g/mol. The smallest absolute Gasteiger partial charge is 0.234 e. The van der Waals surface area contributed by atoms with Crippen LogP contribution in [0.25, 0.3) is 0 Å². The Morgan fingerprint density at radius 1 is 1.45 bits per heavy atom. The normalized spacial score (nSPS) is 18.3. The van der Waals surface area contributed by atoms with Crippen molar-refractivity contribution in [1.29, 1.82) is 0 Å². The van der Waals surface area contributed by atoms with Crippen molar-refractivity contribution in [3.8, 4) is 0 Å². The van der Waals surface area contributed by atoms with Crippen LogP contribution in [-0.2, 0) is 4.79 Å². The molecular formula is C15H22BrN3O. The van der Waals surface area contributed by atoms with Gasteiger partial charge in [0.05, 0.1) is 12.6 Å². The lowest BCUT2D eigenvalue weighted by Crippen LogP contribution is -2.39. The first-order valence-corrected chi connectivity index (χ1v) is 7.92. The molecule has 0 radical (unpaired) electrons. The average Bonchev–Trinajstić information content (AvgIpc) is 2.67. The molecule has 1 aromatic carbocycles. The summed E-state index contributed by atoms with van der Waals surface area (Å²) in [5.41, 5.74) is 1.12. The molecule has 2 rings (SSSR count). The monoisotopic (exact) mass is 339 g/mol. The Balaban J connectivity index is 1.84. The van der Waals surface area contributed by atoms with Crippen molar-refractivity contribution in [3.63, 3.8) is 0 Å². The van der Waals surface area contributed by atoms with Gasteiger partial charge in [-0.3, -0.25) is 9.69 Å². The van der Waals surface area contributed by atoms with Crippen molar-refractivity contribution in [1.82, 2.24) is 15.5 Å². The lowest BCUT2D eigenvalue weighted by atomic mass is 10.1. The summed E-state index contributed by atoms with van der Waals surface area (Å²) in [6.07, 6.45) is 1.11. The zero-order valence-corrected chi connectivity index (χ0v) is 13.4. The van der Waals surface area contributed by atoms with E-state index in [1.54, 1.807) is 0 Å². The predicted molar refractivity (Wildman–Crippen MR) is 84.6 cm³/mol. The number of carbonyl (C=O) groups is 1. The molecule has 1 amide bonds. The minimum atomic E-state index is 0.0325. The van der Waals surface area contributed by atoms with Crippen LogP contribution in [0.5, 0.6) is 0 Å². The highest BCUT2D eigenvalue weighted by Crippen LogP contribution is 2.17. The maximum atomic E-state index is 12.1. The van der Waals surface area contributed by atoms with E-state index in [-0.39, 0.29) is 11.9 Å². The Morgan fingerprint density at radius 2 is 2.30 bits per heavy atom. The third-order valence-corrected chi connectivity index (χ3v) is 4.02. The highest BCUT2D eigenvalue weighted by atomic mass is 79.9. The number of nitrogens with one attached hydrogen (secondary N) is 2. The fourth-order valence-electron chi connectivity index (χ4n) is 2.41. The molecule has 1 heterocycles. The molecule has 0 unspecified atom stereocenters. The minimum absolute atomic E-state index is 0.0325. The molecule has 0 aliphatic carbocycles. The Hall–Kier alpha value is -0.910. The first-order chi connectivity index (χ1) is 9.65. The molecule has 1 aromatic rings. The first kappa shape index (κ1) is 15.5. The van der Waals surface area contributed by atoms with E-state index in [1.165, 1.54) is 0 Å². The van der Waals surface area contributed by atoms with Gasteiger partial charge in [-0.25, -0.2) is 0 Å². The molecule has 20 heavy (non-hydrogen) atoms. The van der Waals surface area contributed by atoms with Crippen molar-refractivity contribution >= 4 is 21.8 Å². The van der Waals surface area contributed by atoms with Crippen LogP contribution in [0.1, 0.15) is 24.9 Å². The van der Waals surface area contributed by atoms with Crippen molar-refractivity contribution in [2.75, 3.05) is 32.7 Å². The van der Waals surface area contributed by atoms with E-state index in [2.05, 4.69) is 31.5 Å². The van der Waals surface area contributed by atoms with Crippen molar-refractivity contribution in [3.05, 3.63) is 34.3 Å². The second kappa shape index (κ2) is 7.76. The van der Waals surface area contributed by atoms with Crippen LogP contribution in [0.2, 0.25) is 0 Å². The molecule has 0 saturated carbocycles. The zero-order valence-electron chi connectivity index (χ0n) is 11.9. The Labute approximate surface area is 129 Å². The number of hydrogen-bond acceptors (Lipinski definition) is 3. The van der Waals surface area contributed by atoms with Gasteiger partial charge >= 0.3 is 0 Å². The van der Waals surface area contributed by atoms with Gasteiger partial charge in [-0.1, -0.05) is 28.1 Å². The molecule has 110 valence electrons. The molecule has 5 heteroatoms. The lowest BCUT2D eigenvalue weighted by Gasteiger charge is -2.21. The number of benzene rings is 1. The standard InChI is InChI=1S/C15H22BrN3O/c1-12(13-4-2-5-14(16)10-13)18-15(20)11-19-8-3-6-17-7-9-19/h2,4-5,10,12,17H,3,6-9,11H2,1H3,(H,18,20)/t12-/m0/s1. The number of carbonyl (C=O) groups excluding carboxylic acids is 1. The summed E-state index contributed by atoms with van der Waals surface area (Å²) >= 11 is 3.46. The average molecular weight is 340 g/mol. The minimum Gasteiger partial charge on any atom is -0.348 e. The fraction of sp³-hybridized carbons (Fsp3) is 0.533. The third-order valence-electron chi connectivity index (χ3n) is 3.53. The van der Waals surface area contributed by atoms with Gasteiger partial charge in [0.15, 0.2) is 0 Å². The summed E-state index contributed by atoms with van der Waals surface area (Å²) in [5.74, 6) is 0.0966. The topological polar surface area (TPSA) is 44.4 Å². The van der Waals surface area contributed by atoms with Crippen LogP contribution < -0.4 is 10.6 Å². The van der Waals surface area contributed by atoms with Crippen molar-refractivity contribution in [2.24, 2.45) is 0 Å². The van der Waals surface area contributed by atoms with Crippen molar-refractivity contribution < 1.29 is 4.79 Å². The maximum absolute atomic E-state index is 12.1. The van der Waals surface area contributed by atoms with Gasteiger partial charge in [-0.2, -0.15) is 0 Å². The fourth-order valence-corrected chi connectivity index (χ4v) is 2.83. The summed E-state index contributed by atoms with van der Waals surface area (Å²) in [4.78, 5) is 14.3. The number of hydrogen-bond donors (Lipinski definition) is 2. The van der Waals surface area contributed by atoms with Crippen LogP contribution in [0.15, 0.2) is 28.7 Å². The summed E-state index contributed by atoms with van der Waals surface area (Å²) < 4.78 is 1.04. The van der Waals surface area contributed by atoms with E-state index in [0.717, 1.165) is 42.6 Å². The highest BCUT2D eigenvalue weighted by Gasteiger charge is 2.15. The Morgan fingerprint density at radius 3 is 3.10 bits per heavy atom. The number of rotatable bonds is 4. The SMILES string of the molecule is C[C@H](NC(=O)CN1CCCNCC1)c1cccc(Br)c1. The molecule has 0 bridgehead atoms. The largest absolute Gasteiger partial charge is 0.348 e. The van der Waals surface area contributed by atoms with Gasteiger partial charge in [0, 0.05) is 17.6 Å². The summed E-state index contributed by atoms with van der Waals surface area (Å²) in [6.45, 7) is 6.45. The van der Waals surface area contributed by atoms with Crippen LogP contribution in [0.3, 0.4) is 0 Å². The van der Waals surface area contributed by atoms with Crippen LogP contribution in [0, 0.1) is 0 Å². The van der Waals surface area contributed by atoms with E-state index in [1.807, 2.05) is 31.2 Å². The molecule has 1 saturated heterocycles. The van der Waals surface area contributed by atoms with E-state index >= 15 is 0 Å². The molecule has 0 spiro atoms. The molecule has 1 aliphatic rings. The van der Waals surface area contributed by atoms with E-state index < -0.39 is 0 Å². The van der Waals surface area contributed by atoms with Gasteiger partial charge in [-0.15, -0.1) is 0 Å². The van der Waals surface area contributed by atoms with Crippen LogP contribution in [0.4, 0.5) is 0 Å². The number of amides is 1. The van der Waals surface area contributed by atoms with E-state index in [9.17, 15) is 4.79 Å². The molecule has 1 fully saturated rings. The zero-order chi connectivity index (χ0) is 14.4. The molecule has 0 aromatic heterocycles. The predicted octanol–water partition coefficient (Wildman–Crippen LogP) is 1.92. The third kappa shape index (κ3) is 4.89. The maximum Gasteiger partial charge on any atom is 0.234 e. The lowest BCUT2D eigenvalue weighted by molar-refractivity contribution is -0.122. The van der Waals surface area contributed by atoms with Gasteiger partial charge in [0.1, 0.15) is 0 Å². The van der Waals surface area contributed by atoms with Gasteiger partial charge in [-0.05, 0) is 44.1 Å². The Bertz CT molecular complexity index is 444. The summed E-state index contributed by atoms with van der Waals surface area (Å²) in [6, 6.07) is 8.09. The van der Waals surface area contributed by atoms with Crippen molar-refractivity contribution in [2.45, 2.75) is 19.4 Å². The molecule has 1 atom stereocenters. The second-order valence-corrected chi connectivity index (χ2v) is 6.14. The van der Waals surface area contributed by atoms with E-state index in [0.29, 0.717) is 6.54 Å². The first-order valence-electron chi connectivity index (χ1n) is 7.13. The number of halogens is 1. The Kier molecular flexibility index (Phi) is 6.01. The summed E-state index contributed by atoms with van der Waals surface area (Å²) in [5, 5.41) is 6.41. The van der Waals surface area contributed by atoms with Crippen LogP contribution in [-0.4, -0.2) is 43.5 Å². The van der Waals surface area contributed by atoms with Gasteiger partial charge in [0.25, 0.3) is 0 Å². The highest BCUT2D eigenvalue weighted by molar-refractivity contribution is 9.10. The quantitative estimate of drug-likeness (QED) is 0.880. The summed E-state index contributed by atoms with van der Waals surface area (Å²) in [7, 11) is 0. The molecule has 4 nitrogen and oxygen atoms in total. The van der Waals surface area contributed by atoms with Gasteiger partial charge in [0.2, 0.25) is 5.91 Å². The van der Waals surface area contributed by atoms with Gasteiger partial charge < -0.3 is 10.6 Å².